The van der Waals surface area contributed by atoms with E-state index in [0.29, 0.717) is 11.2 Å². The molecule has 3 N–H and O–H groups in total. The molecule has 2 aliphatic rings. The summed E-state index contributed by atoms with van der Waals surface area (Å²) in [6.45, 7) is 4.13. The number of aromatic amines is 1. The van der Waals surface area contributed by atoms with Crippen molar-refractivity contribution in [2.75, 3.05) is 0 Å². The van der Waals surface area contributed by atoms with Gasteiger partial charge in [-0.2, -0.15) is 0 Å². The summed E-state index contributed by atoms with van der Waals surface area (Å²) < 4.78 is 5.69. The summed E-state index contributed by atoms with van der Waals surface area (Å²) >= 11 is 0. The number of rotatable bonds is 4. The maximum atomic E-state index is 12.7. The second-order valence-corrected chi connectivity index (χ2v) is 7.24. The molecule has 2 aromatic heterocycles. The van der Waals surface area contributed by atoms with Gasteiger partial charge in [-0.25, -0.2) is 14.8 Å². The van der Waals surface area contributed by atoms with E-state index in [9.17, 15) is 14.7 Å². The highest BCUT2D eigenvalue weighted by Gasteiger charge is 2.38. The molecule has 0 bridgehead atoms. The minimum Gasteiger partial charge on any atom is -0.477 e. The van der Waals surface area contributed by atoms with Gasteiger partial charge in [0, 0.05) is 35.4 Å². The first-order chi connectivity index (χ1) is 13.5. The van der Waals surface area contributed by atoms with Crippen molar-refractivity contribution in [2.24, 2.45) is 0 Å². The predicted molar refractivity (Wildman–Crippen MR) is 103 cm³/mol. The minimum atomic E-state index is -1.31. The summed E-state index contributed by atoms with van der Waals surface area (Å²) in [5, 5.41) is 12.4. The molecule has 0 amide bonds. The molecule has 1 saturated heterocycles. The number of hydrogen-bond acceptors (Lipinski definition) is 6. The molecule has 2 aliphatic heterocycles. The SMILES string of the molecule is CC1CCCC(C)N1NC1=C(C(=O)O)C(=O)/C(=C/c2c[nH]c3ncccc23)O1. The number of carboxylic acids is 1. The number of allylic oxidation sites excluding steroid dienone is 1. The van der Waals surface area contributed by atoms with Crippen molar-refractivity contribution in [3.05, 3.63) is 47.3 Å². The molecule has 8 nitrogen and oxygen atoms in total. The molecule has 2 unspecified atom stereocenters. The van der Waals surface area contributed by atoms with Crippen molar-refractivity contribution < 1.29 is 19.4 Å². The van der Waals surface area contributed by atoms with Crippen LogP contribution in [0.2, 0.25) is 0 Å². The molecule has 0 spiro atoms. The average Bonchev–Trinajstić information content (AvgIpc) is 3.20. The number of nitrogens with zero attached hydrogens (tertiary/aromatic N) is 2. The third kappa shape index (κ3) is 3.16. The van der Waals surface area contributed by atoms with E-state index in [1.807, 2.05) is 11.1 Å². The summed E-state index contributed by atoms with van der Waals surface area (Å²) in [6, 6.07) is 4.07. The van der Waals surface area contributed by atoms with Gasteiger partial charge in [0.25, 0.3) is 0 Å². The summed E-state index contributed by atoms with van der Waals surface area (Å²) in [5.41, 5.74) is 4.06. The zero-order valence-corrected chi connectivity index (χ0v) is 15.7. The number of piperidine rings is 1. The second kappa shape index (κ2) is 7.12. The van der Waals surface area contributed by atoms with E-state index in [2.05, 4.69) is 29.2 Å². The van der Waals surface area contributed by atoms with Crippen molar-refractivity contribution in [3.8, 4) is 0 Å². The molecule has 2 aromatic rings. The molecule has 2 atom stereocenters. The smallest absolute Gasteiger partial charge is 0.345 e. The number of fused-ring (bicyclic) bond motifs is 1. The van der Waals surface area contributed by atoms with Gasteiger partial charge in [-0.1, -0.05) is 6.42 Å². The number of pyridine rings is 1. The van der Waals surface area contributed by atoms with Crippen molar-refractivity contribution >= 4 is 28.9 Å². The number of carbonyl (C=O) groups excluding carboxylic acids is 1. The van der Waals surface area contributed by atoms with Crippen molar-refractivity contribution in [2.45, 2.75) is 45.2 Å². The van der Waals surface area contributed by atoms with Crippen LogP contribution in [0.4, 0.5) is 0 Å². The molecule has 0 radical (unpaired) electrons. The number of carboxylic acid groups (broad SMARTS) is 1. The molecule has 4 heterocycles. The Kier molecular flexibility index (Phi) is 4.64. The summed E-state index contributed by atoms with van der Waals surface area (Å²) in [6.07, 6.45) is 8.02. The monoisotopic (exact) mass is 382 g/mol. The number of ether oxygens (including phenoxy) is 1. The summed E-state index contributed by atoms with van der Waals surface area (Å²) in [7, 11) is 0. The lowest BCUT2D eigenvalue weighted by Gasteiger charge is -2.39. The average molecular weight is 382 g/mol. The van der Waals surface area contributed by atoms with Crippen LogP contribution in [0, 0.1) is 0 Å². The number of ketones is 1. The number of carbonyl (C=O) groups is 2. The third-order valence-corrected chi connectivity index (χ3v) is 5.30. The zero-order valence-electron chi connectivity index (χ0n) is 15.7. The molecular weight excluding hydrogens is 360 g/mol. The summed E-state index contributed by atoms with van der Waals surface area (Å²) in [5.74, 6) is -2.01. The topological polar surface area (TPSA) is 108 Å². The maximum Gasteiger partial charge on any atom is 0.345 e. The van der Waals surface area contributed by atoms with Gasteiger partial charge in [-0.15, -0.1) is 0 Å². The van der Waals surface area contributed by atoms with Crippen LogP contribution in [0.15, 0.2) is 41.7 Å². The molecular formula is C20H22N4O4. The zero-order chi connectivity index (χ0) is 19.8. The molecule has 4 rings (SSSR count). The molecule has 146 valence electrons. The van der Waals surface area contributed by atoms with Gasteiger partial charge in [-0.05, 0) is 44.9 Å². The van der Waals surface area contributed by atoms with E-state index >= 15 is 0 Å². The van der Waals surface area contributed by atoms with Crippen LogP contribution in [-0.2, 0) is 14.3 Å². The Morgan fingerprint density at radius 3 is 2.86 bits per heavy atom. The van der Waals surface area contributed by atoms with Gasteiger partial charge < -0.3 is 14.8 Å². The first-order valence-electron chi connectivity index (χ1n) is 9.34. The standard InChI is InChI=1S/C20H22N4O4/c1-11-5-3-6-12(2)24(11)23-19-16(20(26)27)17(25)15(28-19)9-13-10-22-18-14(13)7-4-8-21-18/h4,7-12,23H,3,5-6H2,1-2H3,(H,21,22)(H,26,27)/b15-9-. The fourth-order valence-electron chi connectivity index (χ4n) is 3.80. The molecule has 8 heteroatoms. The number of Topliss-reactive ketones (excluding diaryl/α,β-unsaturated/α-hetero) is 1. The number of nitrogens with one attached hydrogen (secondary N) is 2. The number of hydrogen-bond donors (Lipinski definition) is 3. The first kappa shape index (κ1) is 18.2. The van der Waals surface area contributed by atoms with Crippen LogP contribution < -0.4 is 5.43 Å². The lowest BCUT2D eigenvalue weighted by molar-refractivity contribution is -0.134. The van der Waals surface area contributed by atoms with Crippen LogP contribution >= 0.6 is 0 Å². The Balaban J connectivity index is 1.65. The fourth-order valence-corrected chi connectivity index (χ4v) is 3.80. The normalized spacial score (nSPS) is 24.8. The fraction of sp³-hybridized carbons (Fsp3) is 0.350. The highest BCUT2D eigenvalue weighted by Crippen LogP contribution is 2.29. The van der Waals surface area contributed by atoms with Crippen molar-refractivity contribution in [1.29, 1.82) is 0 Å². The largest absolute Gasteiger partial charge is 0.477 e. The van der Waals surface area contributed by atoms with Crippen LogP contribution in [0.1, 0.15) is 38.7 Å². The van der Waals surface area contributed by atoms with Crippen LogP contribution in [0.5, 0.6) is 0 Å². The van der Waals surface area contributed by atoms with Gasteiger partial charge in [0.15, 0.2) is 11.3 Å². The predicted octanol–water partition coefficient (Wildman–Crippen LogP) is 2.57. The number of hydrazine groups is 1. The highest BCUT2D eigenvalue weighted by atomic mass is 16.5. The van der Waals surface area contributed by atoms with Crippen molar-refractivity contribution in [3.63, 3.8) is 0 Å². The molecule has 0 saturated carbocycles. The second-order valence-electron chi connectivity index (χ2n) is 7.24. The Hall–Kier alpha value is -3.13. The third-order valence-electron chi connectivity index (χ3n) is 5.30. The number of H-pyrrole nitrogens is 1. The van der Waals surface area contributed by atoms with Gasteiger partial charge in [-0.3, -0.25) is 10.2 Å². The number of aliphatic carboxylic acids is 1. The Morgan fingerprint density at radius 1 is 1.39 bits per heavy atom. The van der Waals surface area contributed by atoms with E-state index in [-0.39, 0.29) is 29.3 Å². The van der Waals surface area contributed by atoms with Gasteiger partial charge in [0.1, 0.15) is 5.65 Å². The molecule has 28 heavy (non-hydrogen) atoms. The van der Waals surface area contributed by atoms with Gasteiger partial charge >= 0.3 is 5.97 Å². The van der Waals surface area contributed by atoms with Crippen LogP contribution in [-0.4, -0.2) is 43.9 Å². The van der Waals surface area contributed by atoms with E-state index in [1.165, 1.54) is 0 Å². The molecule has 1 fully saturated rings. The van der Waals surface area contributed by atoms with E-state index in [0.717, 1.165) is 24.6 Å². The van der Waals surface area contributed by atoms with Crippen LogP contribution in [0.3, 0.4) is 0 Å². The first-order valence-corrected chi connectivity index (χ1v) is 9.34. The molecule has 0 aromatic carbocycles. The van der Waals surface area contributed by atoms with E-state index in [1.54, 1.807) is 24.5 Å². The Labute approximate surface area is 161 Å². The van der Waals surface area contributed by atoms with E-state index < -0.39 is 11.8 Å². The lowest BCUT2D eigenvalue weighted by Crippen LogP contribution is -2.51. The Morgan fingerprint density at radius 2 is 2.14 bits per heavy atom. The van der Waals surface area contributed by atoms with Crippen molar-refractivity contribution in [1.82, 2.24) is 20.4 Å². The van der Waals surface area contributed by atoms with Gasteiger partial charge in [0.05, 0.1) is 0 Å². The Bertz CT molecular complexity index is 997. The van der Waals surface area contributed by atoms with Crippen LogP contribution in [0.25, 0.3) is 17.1 Å². The quantitative estimate of drug-likeness (QED) is 0.551. The lowest BCUT2D eigenvalue weighted by atomic mass is 10.00. The molecule has 0 aliphatic carbocycles. The van der Waals surface area contributed by atoms with Gasteiger partial charge in [0.2, 0.25) is 11.7 Å². The van der Waals surface area contributed by atoms with E-state index in [4.69, 9.17) is 4.74 Å². The minimum absolute atomic E-state index is 0.0256. The summed E-state index contributed by atoms with van der Waals surface area (Å²) in [4.78, 5) is 31.7. The number of aromatic nitrogens is 2. The maximum absolute atomic E-state index is 12.7. The highest BCUT2D eigenvalue weighted by molar-refractivity contribution is 6.26.